The van der Waals surface area contributed by atoms with Gasteiger partial charge in [-0.05, 0) is 12.8 Å². The molecule has 0 bridgehead atoms. The number of carbonyl (C=O) groups is 1. The number of rotatable bonds is 39. The maximum atomic E-state index is 12.7. The number of phosphoric ester groups is 1. The Labute approximate surface area is 316 Å². The number of nitrogens with one attached hydrogen (secondary N) is 1. The van der Waals surface area contributed by atoms with Gasteiger partial charge in [0, 0.05) is 6.42 Å². The molecular formula is C42H85N2O6P. The standard InChI is InChI=1S/C42H85N2O6P/c1-6-8-10-12-13-14-15-16-17-18-19-20-21-22-23-24-25-26-27-28-29-30-31-32-34-36-42(46)43-40(41(45)35-33-11-9-7-2)39-50-51(47,48)49-38-37-44(3,4)5/h33,35,40-41,45H,6-32,34,36-39H2,1-5H3,(H-,43,46,47,48)/b35-33+. The van der Waals surface area contributed by atoms with Gasteiger partial charge >= 0.3 is 0 Å². The number of aliphatic hydroxyl groups is 1. The predicted octanol–water partition coefficient (Wildman–Crippen LogP) is 10.9. The highest BCUT2D eigenvalue weighted by atomic mass is 31.2. The largest absolute Gasteiger partial charge is 0.756 e. The molecule has 1 amide bonds. The first-order chi connectivity index (χ1) is 24.5. The van der Waals surface area contributed by atoms with Crippen molar-refractivity contribution >= 4 is 13.7 Å². The summed E-state index contributed by atoms with van der Waals surface area (Å²) in [5.41, 5.74) is 0. The summed E-state index contributed by atoms with van der Waals surface area (Å²) in [7, 11) is 1.26. The van der Waals surface area contributed by atoms with E-state index in [2.05, 4.69) is 19.2 Å². The van der Waals surface area contributed by atoms with Gasteiger partial charge in [0.25, 0.3) is 7.82 Å². The van der Waals surface area contributed by atoms with Gasteiger partial charge in [-0.3, -0.25) is 9.36 Å². The van der Waals surface area contributed by atoms with Crippen LogP contribution in [0, 0.1) is 0 Å². The number of aliphatic hydroxyl groups excluding tert-OH is 1. The van der Waals surface area contributed by atoms with E-state index in [4.69, 9.17) is 9.05 Å². The second kappa shape index (κ2) is 35.0. The van der Waals surface area contributed by atoms with Crippen LogP contribution in [0.15, 0.2) is 12.2 Å². The smallest absolute Gasteiger partial charge is 0.268 e. The molecule has 0 saturated carbocycles. The fraction of sp³-hybridized carbons (Fsp3) is 0.929. The van der Waals surface area contributed by atoms with E-state index in [1.807, 2.05) is 27.2 Å². The fourth-order valence-corrected chi connectivity index (χ4v) is 6.98. The number of unbranched alkanes of at least 4 members (excludes halogenated alkanes) is 26. The number of likely N-dealkylation sites (N-methyl/N-ethyl adjacent to an activating group) is 1. The summed E-state index contributed by atoms with van der Waals surface area (Å²) >= 11 is 0. The second-order valence-corrected chi connectivity index (χ2v) is 17.5. The van der Waals surface area contributed by atoms with E-state index in [1.54, 1.807) is 6.08 Å². The SMILES string of the molecule is CCCC/C=C/C(O)C(COP(=O)([O-])OCC[N+](C)(C)C)NC(=O)CCCCCCCCCCCCCCCCCCCCCCCCCCC. The lowest BCUT2D eigenvalue weighted by molar-refractivity contribution is -0.870. The molecule has 0 radical (unpaired) electrons. The van der Waals surface area contributed by atoms with Crippen molar-refractivity contribution < 1.29 is 32.9 Å². The van der Waals surface area contributed by atoms with Crippen LogP contribution >= 0.6 is 7.82 Å². The lowest BCUT2D eigenvalue weighted by Crippen LogP contribution is -2.45. The van der Waals surface area contributed by atoms with Gasteiger partial charge in [0.15, 0.2) is 0 Å². The molecule has 8 nitrogen and oxygen atoms in total. The van der Waals surface area contributed by atoms with E-state index in [0.717, 1.165) is 38.5 Å². The average molecular weight is 745 g/mol. The minimum absolute atomic E-state index is 0.000363. The molecule has 51 heavy (non-hydrogen) atoms. The molecule has 304 valence electrons. The zero-order valence-electron chi connectivity index (χ0n) is 34.3. The maximum absolute atomic E-state index is 12.7. The van der Waals surface area contributed by atoms with Crippen molar-refractivity contribution in [2.24, 2.45) is 0 Å². The summed E-state index contributed by atoms with van der Waals surface area (Å²) in [6, 6.07) is -0.876. The van der Waals surface area contributed by atoms with Crippen LogP contribution in [0.1, 0.15) is 200 Å². The van der Waals surface area contributed by atoms with Crippen LogP contribution in [0.4, 0.5) is 0 Å². The van der Waals surface area contributed by atoms with Crippen molar-refractivity contribution in [3.05, 3.63) is 12.2 Å². The van der Waals surface area contributed by atoms with Gasteiger partial charge in [-0.2, -0.15) is 0 Å². The van der Waals surface area contributed by atoms with Crippen LogP contribution in [-0.2, 0) is 18.4 Å². The van der Waals surface area contributed by atoms with Crippen LogP contribution in [0.2, 0.25) is 0 Å². The molecule has 2 N–H and O–H groups in total. The number of hydrogen-bond acceptors (Lipinski definition) is 6. The van der Waals surface area contributed by atoms with Gasteiger partial charge in [-0.1, -0.05) is 193 Å². The van der Waals surface area contributed by atoms with Crippen molar-refractivity contribution in [1.29, 1.82) is 0 Å². The lowest BCUT2D eigenvalue weighted by atomic mass is 10.0. The minimum atomic E-state index is -4.56. The summed E-state index contributed by atoms with van der Waals surface area (Å²) in [6.07, 6.45) is 39.1. The molecule has 9 heteroatoms. The Balaban J connectivity index is 3.89. The normalized spacial score (nSPS) is 14.6. The number of carbonyl (C=O) groups excluding carboxylic acids is 1. The lowest BCUT2D eigenvalue weighted by Gasteiger charge is -2.29. The molecule has 0 aliphatic carbocycles. The first kappa shape index (κ1) is 50.2. The molecule has 0 spiro atoms. The van der Waals surface area contributed by atoms with Crippen LogP contribution < -0.4 is 10.2 Å². The summed E-state index contributed by atoms with van der Waals surface area (Å²) in [4.78, 5) is 25.0. The predicted molar refractivity (Wildman–Crippen MR) is 215 cm³/mol. The molecule has 3 atom stereocenters. The van der Waals surface area contributed by atoms with Gasteiger partial charge in [-0.15, -0.1) is 0 Å². The van der Waals surface area contributed by atoms with Crippen molar-refractivity contribution in [1.82, 2.24) is 5.32 Å². The van der Waals surface area contributed by atoms with Crippen molar-refractivity contribution in [3.8, 4) is 0 Å². The van der Waals surface area contributed by atoms with Crippen molar-refractivity contribution in [3.63, 3.8) is 0 Å². The summed E-state index contributed by atoms with van der Waals surface area (Å²) in [5, 5.41) is 13.5. The molecule has 0 heterocycles. The van der Waals surface area contributed by atoms with Gasteiger partial charge in [0.2, 0.25) is 5.91 Å². The van der Waals surface area contributed by atoms with E-state index < -0.39 is 20.0 Å². The molecule has 0 fully saturated rings. The first-order valence-electron chi connectivity index (χ1n) is 21.6. The number of hydrogen-bond donors (Lipinski definition) is 2. The monoisotopic (exact) mass is 745 g/mol. The number of amides is 1. The Hall–Kier alpha value is -0.760. The maximum Gasteiger partial charge on any atom is 0.268 e. The molecule has 0 aromatic rings. The Kier molecular flexibility index (Phi) is 34.5. The molecule has 0 aliphatic heterocycles. The third-order valence-corrected chi connectivity index (χ3v) is 10.7. The third-order valence-electron chi connectivity index (χ3n) is 9.75. The van der Waals surface area contributed by atoms with Gasteiger partial charge < -0.3 is 28.8 Å². The number of allylic oxidation sites excluding steroid dienone is 1. The average Bonchev–Trinajstić information content (AvgIpc) is 3.07. The Morgan fingerprint density at radius 2 is 1.06 bits per heavy atom. The Morgan fingerprint density at radius 1 is 0.667 bits per heavy atom. The topological polar surface area (TPSA) is 108 Å². The zero-order chi connectivity index (χ0) is 37.9. The molecule has 3 unspecified atom stereocenters. The highest BCUT2D eigenvalue weighted by molar-refractivity contribution is 7.45. The van der Waals surface area contributed by atoms with Crippen LogP contribution in [0.25, 0.3) is 0 Å². The second-order valence-electron chi connectivity index (χ2n) is 16.1. The zero-order valence-corrected chi connectivity index (χ0v) is 35.2. The fourth-order valence-electron chi connectivity index (χ4n) is 6.26. The number of quaternary nitrogens is 1. The quantitative estimate of drug-likeness (QED) is 0.0281. The van der Waals surface area contributed by atoms with Crippen LogP contribution in [0.3, 0.4) is 0 Å². The van der Waals surface area contributed by atoms with Gasteiger partial charge in [0.05, 0.1) is 39.9 Å². The highest BCUT2D eigenvalue weighted by Gasteiger charge is 2.23. The molecular weight excluding hydrogens is 659 g/mol. The van der Waals surface area contributed by atoms with E-state index in [9.17, 15) is 19.4 Å². The summed E-state index contributed by atoms with van der Waals surface area (Å²) in [6.45, 7) is 4.50. The number of nitrogens with zero attached hydrogens (tertiary/aromatic N) is 1. The van der Waals surface area contributed by atoms with E-state index >= 15 is 0 Å². The van der Waals surface area contributed by atoms with Crippen LogP contribution in [-0.4, -0.2) is 68.5 Å². The summed E-state index contributed by atoms with van der Waals surface area (Å²) < 4.78 is 22.9. The van der Waals surface area contributed by atoms with Gasteiger partial charge in [-0.25, -0.2) is 0 Å². The minimum Gasteiger partial charge on any atom is -0.756 e. The Bertz CT molecular complexity index is 850. The van der Waals surface area contributed by atoms with E-state index in [-0.39, 0.29) is 19.1 Å². The molecule has 0 aromatic carbocycles. The van der Waals surface area contributed by atoms with Crippen molar-refractivity contribution in [2.75, 3.05) is 40.9 Å². The van der Waals surface area contributed by atoms with Gasteiger partial charge in [0.1, 0.15) is 13.2 Å². The Morgan fingerprint density at radius 3 is 1.45 bits per heavy atom. The summed E-state index contributed by atoms with van der Waals surface area (Å²) in [5.74, 6) is -0.203. The van der Waals surface area contributed by atoms with E-state index in [1.165, 1.54) is 141 Å². The molecule has 0 aromatic heterocycles. The number of phosphoric acid groups is 1. The highest BCUT2D eigenvalue weighted by Crippen LogP contribution is 2.38. The van der Waals surface area contributed by atoms with Crippen LogP contribution in [0.5, 0.6) is 0 Å². The van der Waals surface area contributed by atoms with Crippen molar-refractivity contribution in [2.45, 2.75) is 212 Å². The molecule has 0 rings (SSSR count). The first-order valence-corrected chi connectivity index (χ1v) is 23.0. The molecule has 0 saturated heterocycles. The van der Waals surface area contributed by atoms with E-state index in [0.29, 0.717) is 17.4 Å². The third kappa shape index (κ3) is 37.4. The molecule has 0 aliphatic rings.